The molecule has 20 heavy (non-hydrogen) atoms. The van der Waals surface area contributed by atoms with Gasteiger partial charge in [0.15, 0.2) is 6.61 Å². The molecule has 0 radical (unpaired) electrons. The van der Waals surface area contributed by atoms with Gasteiger partial charge in [0.2, 0.25) is 0 Å². The van der Waals surface area contributed by atoms with Gasteiger partial charge in [-0.15, -0.1) is 0 Å². The summed E-state index contributed by atoms with van der Waals surface area (Å²) >= 11 is 0. The van der Waals surface area contributed by atoms with Gasteiger partial charge in [0.25, 0.3) is 5.91 Å². The van der Waals surface area contributed by atoms with Crippen molar-refractivity contribution in [1.29, 1.82) is 0 Å². The third-order valence-electron chi connectivity index (χ3n) is 2.51. The molecular formula is C15H13NO4. The quantitative estimate of drug-likeness (QED) is 0.875. The highest BCUT2D eigenvalue weighted by molar-refractivity contribution is 6.06. The highest BCUT2D eigenvalue weighted by Crippen LogP contribution is 2.19. The van der Waals surface area contributed by atoms with E-state index in [0.717, 1.165) is 0 Å². The first-order chi connectivity index (χ1) is 9.66. The summed E-state index contributed by atoms with van der Waals surface area (Å²) in [6.07, 6.45) is 0. The second kappa shape index (κ2) is 6.38. The second-order valence-electron chi connectivity index (χ2n) is 4.00. The van der Waals surface area contributed by atoms with Crippen LogP contribution in [0.25, 0.3) is 0 Å². The van der Waals surface area contributed by atoms with Crippen molar-refractivity contribution in [3.8, 4) is 5.75 Å². The van der Waals surface area contributed by atoms with Gasteiger partial charge < -0.3 is 15.2 Å². The minimum Gasteiger partial charge on any atom is -0.481 e. The Balaban J connectivity index is 2.15. The van der Waals surface area contributed by atoms with Gasteiger partial charge >= 0.3 is 5.97 Å². The van der Waals surface area contributed by atoms with Crippen LogP contribution in [0.5, 0.6) is 5.75 Å². The SMILES string of the molecule is O=C(O)COc1ccccc1C(=O)Nc1ccccc1. The number of ether oxygens (including phenoxy) is 1. The third kappa shape index (κ3) is 3.58. The van der Waals surface area contributed by atoms with Crippen molar-refractivity contribution in [2.24, 2.45) is 0 Å². The van der Waals surface area contributed by atoms with Gasteiger partial charge in [-0.05, 0) is 24.3 Å². The molecule has 102 valence electrons. The van der Waals surface area contributed by atoms with E-state index in [4.69, 9.17) is 9.84 Å². The summed E-state index contributed by atoms with van der Waals surface area (Å²) in [6, 6.07) is 15.5. The molecule has 1 amide bonds. The summed E-state index contributed by atoms with van der Waals surface area (Å²) in [7, 11) is 0. The molecule has 5 heteroatoms. The molecule has 0 spiro atoms. The van der Waals surface area contributed by atoms with Crippen LogP contribution in [0.4, 0.5) is 5.69 Å². The maximum absolute atomic E-state index is 12.1. The van der Waals surface area contributed by atoms with E-state index in [0.29, 0.717) is 5.69 Å². The number of carbonyl (C=O) groups is 2. The number of aliphatic carboxylic acids is 1. The van der Waals surface area contributed by atoms with E-state index in [1.54, 1.807) is 36.4 Å². The van der Waals surface area contributed by atoms with Crippen molar-refractivity contribution in [3.63, 3.8) is 0 Å². The zero-order valence-corrected chi connectivity index (χ0v) is 10.6. The van der Waals surface area contributed by atoms with E-state index in [1.165, 1.54) is 0 Å². The molecular weight excluding hydrogens is 258 g/mol. The second-order valence-corrected chi connectivity index (χ2v) is 4.00. The standard InChI is InChI=1S/C15H13NO4/c17-14(18)10-20-13-9-5-4-8-12(13)15(19)16-11-6-2-1-3-7-11/h1-9H,10H2,(H,16,19)(H,17,18). The van der Waals surface area contributed by atoms with Gasteiger partial charge in [-0.3, -0.25) is 4.79 Å². The Morgan fingerprint density at radius 3 is 2.35 bits per heavy atom. The summed E-state index contributed by atoms with van der Waals surface area (Å²) in [5.74, 6) is -1.20. The summed E-state index contributed by atoms with van der Waals surface area (Å²) in [5, 5.41) is 11.3. The lowest BCUT2D eigenvalue weighted by Gasteiger charge is -2.10. The van der Waals surface area contributed by atoms with E-state index in [1.807, 2.05) is 18.2 Å². The van der Waals surface area contributed by atoms with Gasteiger partial charge in [0.1, 0.15) is 5.75 Å². The van der Waals surface area contributed by atoms with E-state index >= 15 is 0 Å². The summed E-state index contributed by atoms with van der Waals surface area (Å²) < 4.78 is 5.10. The smallest absolute Gasteiger partial charge is 0.341 e. The Morgan fingerprint density at radius 1 is 1.00 bits per heavy atom. The average molecular weight is 271 g/mol. The maximum Gasteiger partial charge on any atom is 0.341 e. The van der Waals surface area contributed by atoms with Crippen molar-refractivity contribution in [2.45, 2.75) is 0 Å². The predicted molar refractivity (Wildman–Crippen MR) is 74.0 cm³/mol. The lowest BCUT2D eigenvalue weighted by atomic mass is 10.2. The molecule has 0 saturated heterocycles. The molecule has 0 aliphatic carbocycles. The van der Waals surface area contributed by atoms with Gasteiger partial charge in [-0.25, -0.2) is 4.79 Å². The normalized spacial score (nSPS) is 9.80. The van der Waals surface area contributed by atoms with Crippen molar-refractivity contribution in [2.75, 3.05) is 11.9 Å². The van der Waals surface area contributed by atoms with Gasteiger partial charge in [0, 0.05) is 5.69 Å². The van der Waals surface area contributed by atoms with Crippen molar-refractivity contribution in [3.05, 3.63) is 60.2 Å². The summed E-state index contributed by atoms with van der Waals surface area (Å²) in [4.78, 5) is 22.7. The molecule has 0 aliphatic heterocycles. The Labute approximate surface area is 115 Å². The fraction of sp³-hybridized carbons (Fsp3) is 0.0667. The Hall–Kier alpha value is -2.82. The molecule has 0 aromatic heterocycles. The number of rotatable bonds is 5. The number of carboxylic acids is 1. The number of carbonyl (C=O) groups excluding carboxylic acids is 1. The van der Waals surface area contributed by atoms with Crippen LogP contribution < -0.4 is 10.1 Å². The average Bonchev–Trinajstić information content (AvgIpc) is 2.46. The van der Waals surface area contributed by atoms with Crippen LogP contribution in [0.1, 0.15) is 10.4 Å². The number of benzene rings is 2. The van der Waals surface area contributed by atoms with Crippen LogP contribution in [0.15, 0.2) is 54.6 Å². The highest BCUT2D eigenvalue weighted by Gasteiger charge is 2.13. The fourth-order valence-corrected chi connectivity index (χ4v) is 1.64. The Bertz CT molecular complexity index is 610. The van der Waals surface area contributed by atoms with Crippen molar-refractivity contribution in [1.82, 2.24) is 0 Å². The molecule has 0 bridgehead atoms. The predicted octanol–water partition coefficient (Wildman–Crippen LogP) is 2.40. The van der Waals surface area contributed by atoms with Crippen LogP contribution in [-0.2, 0) is 4.79 Å². The van der Waals surface area contributed by atoms with E-state index < -0.39 is 12.6 Å². The first-order valence-electron chi connectivity index (χ1n) is 5.97. The molecule has 0 heterocycles. The molecule has 0 saturated carbocycles. The van der Waals surface area contributed by atoms with E-state index in [9.17, 15) is 9.59 Å². The van der Waals surface area contributed by atoms with E-state index in [2.05, 4.69) is 5.32 Å². The van der Waals surface area contributed by atoms with Gasteiger partial charge in [-0.2, -0.15) is 0 Å². The number of nitrogens with one attached hydrogen (secondary N) is 1. The number of para-hydroxylation sites is 2. The number of hydrogen-bond donors (Lipinski definition) is 2. The maximum atomic E-state index is 12.1. The Kier molecular flexibility index (Phi) is 4.34. The minimum atomic E-state index is -1.09. The van der Waals surface area contributed by atoms with Crippen LogP contribution in [-0.4, -0.2) is 23.6 Å². The number of amides is 1. The number of carboxylic acid groups (broad SMARTS) is 1. The first kappa shape index (κ1) is 13.6. The van der Waals surface area contributed by atoms with Gasteiger partial charge in [-0.1, -0.05) is 30.3 Å². The fourth-order valence-electron chi connectivity index (χ4n) is 1.64. The van der Waals surface area contributed by atoms with Crippen LogP contribution >= 0.6 is 0 Å². The zero-order chi connectivity index (χ0) is 14.4. The van der Waals surface area contributed by atoms with Crippen LogP contribution in [0.3, 0.4) is 0 Å². The Morgan fingerprint density at radius 2 is 1.65 bits per heavy atom. The van der Waals surface area contributed by atoms with E-state index in [-0.39, 0.29) is 17.2 Å². The lowest BCUT2D eigenvalue weighted by Crippen LogP contribution is -2.16. The monoisotopic (exact) mass is 271 g/mol. The van der Waals surface area contributed by atoms with Crippen molar-refractivity contribution < 1.29 is 19.4 Å². The molecule has 0 fully saturated rings. The number of hydrogen-bond acceptors (Lipinski definition) is 3. The highest BCUT2D eigenvalue weighted by atomic mass is 16.5. The van der Waals surface area contributed by atoms with Gasteiger partial charge in [0.05, 0.1) is 5.56 Å². The first-order valence-corrected chi connectivity index (χ1v) is 5.97. The van der Waals surface area contributed by atoms with Crippen molar-refractivity contribution >= 4 is 17.6 Å². The molecule has 2 aromatic carbocycles. The molecule has 0 atom stereocenters. The molecule has 0 unspecified atom stereocenters. The molecule has 0 aliphatic rings. The lowest BCUT2D eigenvalue weighted by molar-refractivity contribution is -0.139. The zero-order valence-electron chi connectivity index (χ0n) is 10.6. The minimum absolute atomic E-state index is 0.239. The van der Waals surface area contributed by atoms with Crippen LogP contribution in [0, 0.1) is 0 Å². The number of anilines is 1. The molecule has 2 rings (SSSR count). The summed E-state index contributed by atoms with van der Waals surface area (Å²) in [6.45, 7) is -0.490. The summed E-state index contributed by atoms with van der Waals surface area (Å²) in [5.41, 5.74) is 0.947. The molecule has 2 N–H and O–H groups in total. The third-order valence-corrected chi connectivity index (χ3v) is 2.51. The molecule has 2 aromatic rings. The topological polar surface area (TPSA) is 75.6 Å². The largest absolute Gasteiger partial charge is 0.481 e. The van der Waals surface area contributed by atoms with Crippen LogP contribution in [0.2, 0.25) is 0 Å². The molecule has 5 nitrogen and oxygen atoms in total.